The lowest BCUT2D eigenvalue weighted by Gasteiger charge is -2.26. The number of fused-ring (bicyclic) bond motifs is 1. The summed E-state index contributed by atoms with van der Waals surface area (Å²) in [4.78, 5) is 10.8. The molecule has 0 fully saturated rings. The summed E-state index contributed by atoms with van der Waals surface area (Å²) in [5.74, 6) is 0.955. The zero-order valence-electron chi connectivity index (χ0n) is 12.1. The largest absolute Gasteiger partial charge is 0.490 e. The fourth-order valence-corrected chi connectivity index (χ4v) is 2.92. The normalized spacial score (nSPS) is 16.9. The van der Waals surface area contributed by atoms with Crippen molar-refractivity contribution in [2.75, 3.05) is 0 Å². The van der Waals surface area contributed by atoms with E-state index in [0.29, 0.717) is 6.10 Å². The molecule has 2 heteroatoms. The van der Waals surface area contributed by atoms with Gasteiger partial charge in [-0.25, -0.2) is 0 Å². The zero-order valence-corrected chi connectivity index (χ0v) is 12.1. The molecule has 1 heterocycles. The molecule has 3 rings (SSSR count). The summed E-state index contributed by atoms with van der Waals surface area (Å²) < 4.78 is 6.05. The van der Waals surface area contributed by atoms with Crippen LogP contribution in [0.25, 0.3) is 0 Å². The number of hydrogen-bond donors (Lipinski definition) is 0. The Hall–Kier alpha value is -2.09. The van der Waals surface area contributed by atoms with Crippen LogP contribution in [0.5, 0.6) is 5.75 Å². The third-order valence-corrected chi connectivity index (χ3v) is 4.08. The van der Waals surface area contributed by atoms with Crippen molar-refractivity contribution in [2.45, 2.75) is 38.2 Å². The Labute approximate surface area is 125 Å². The second-order valence-electron chi connectivity index (χ2n) is 5.64. The topological polar surface area (TPSA) is 26.3 Å². The van der Waals surface area contributed by atoms with Gasteiger partial charge in [0.2, 0.25) is 0 Å². The lowest BCUT2D eigenvalue weighted by Crippen LogP contribution is -2.22. The van der Waals surface area contributed by atoms with Gasteiger partial charge in [-0.1, -0.05) is 30.3 Å². The quantitative estimate of drug-likeness (QED) is 0.767. The second kappa shape index (κ2) is 6.57. The van der Waals surface area contributed by atoms with Crippen LogP contribution in [0.3, 0.4) is 0 Å². The molecule has 0 saturated carbocycles. The number of carbonyl (C=O) groups is 1. The number of aryl methyl sites for hydroxylation is 2. The Morgan fingerprint density at radius 2 is 2.00 bits per heavy atom. The number of aldehydes is 1. The molecule has 0 aliphatic carbocycles. The van der Waals surface area contributed by atoms with E-state index in [4.69, 9.17) is 4.74 Å². The van der Waals surface area contributed by atoms with E-state index in [1.165, 1.54) is 11.1 Å². The highest BCUT2D eigenvalue weighted by Crippen LogP contribution is 2.29. The zero-order chi connectivity index (χ0) is 14.5. The summed E-state index contributed by atoms with van der Waals surface area (Å²) in [6, 6.07) is 16.3. The molecular weight excluding hydrogens is 260 g/mol. The van der Waals surface area contributed by atoms with Gasteiger partial charge in [-0.3, -0.25) is 4.79 Å². The third-order valence-electron chi connectivity index (χ3n) is 4.08. The minimum Gasteiger partial charge on any atom is -0.490 e. The Bertz CT molecular complexity index is 604. The maximum atomic E-state index is 10.8. The first-order valence-electron chi connectivity index (χ1n) is 7.64. The number of ether oxygens (including phenoxy) is 1. The molecule has 0 spiro atoms. The highest BCUT2D eigenvalue weighted by Gasteiger charge is 2.19. The number of benzene rings is 2. The van der Waals surface area contributed by atoms with Crippen LogP contribution in [0.15, 0.2) is 48.5 Å². The monoisotopic (exact) mass is 280 g/mol. The van der Waals surface area contributed by atoms with Crippen LogP contribution in [0.4, 0.5) is 0 Å². The van der Waals surface area contributed by atoms with Crippen LogP contribution < -0.4 is 4.74 Å². The summed E-state index contributed by atoms with van der Waals surface area (Å²) in [7, 11) is 0. The maximum Gasteiger partial charge on any atom is 0.150 e. The van der Waals surface area contributed by atoms with Gasteiger partial charge in [-0.05, 0) is 61.4 Å². The molecule has 2 aromatic carbocycles. The van der Waals surface area contributed by atoms with Gasteiger partial charge in [0.25, 0.3) is 0 Å². The van der Waals surface area contributed by atoms with E-state index in [2.05, 4.69) is 30.3 Å². The fourth-order valence-electron chi connectivity index (χ4n) is 2.92. The number of rotatable bonds is 5. The van der Waals surface area contributed by atoms with Crippen molar-refractivity contribution >= 4 is 6.29 Å². The molecule has 0 radical (unpaired) electrons. The molecule has 1 aliphatic heterocycles. The van der Waals surface area contributed by atoms with Crippen molar-refractivity contribution in [3.05, 3.63) is 65.2 Å². The van der Waals surface area contributed by atoms with E-state index < -0.39 is 0 Å². The van der Waals surface area contributed by atoms with Crippen molar-refractivity contribution in [1.82, 2.24) is 0 Å². The Balaban J connectivity index is 1.53. The van der Waals surface area contributed by atoms with Gasteiger partial charge in [0, 0.05) is 5.56 Å². The molecule has 0 N–H and O–H groups in total. The summed E-state index contributed by atoms with van der Waals surface area (Å²) in [5, 5.41) is 0. The molecule has 2 aromatic rings. The standard InChI is InChI=1S/C19H20O2/c20-14-16-9-12-19-17(13-16)10-11-18(21-19)8-4-7-15-5-2-1-3-6-15/h1-3,5-6,9,12-14,18H,4,7-8,10-11H2. The van der Waals surface area contributed by atoms with Crippen LogP contribution in [-0.2, 0) is 12.8 Å². The lowest BCUT2D eigenvalue weighted by atomic mass is 9.97. The highest BCUT2D eigenvalue weighted by atomic mass is 16.5. The van der Waals surface area contributed by atoms with Gasteiger partial charge in [-0.15, -0.1) is 0 Å². The minimum atomic E-state index is 0.309. The smallest absolute Gasteiger partial charge is 0.150 e. The summed E-state index contributed by atoms with van der Waals surface area (Å²) in [5.41, 5.74) is 3.29. The van der Waals surface area contributed by atoms with Crippen molar-refractivity contribution < 1.29 is 9.53 Å². The predicted octanol–water partition coefficient (Wildman–Crippen LogP) is 4.22. The van der Waals surface area contributed by atoms with Crippen molar-refractivity contribution in [3.63, 3.8) is 0 Å². The van der Waals surface area contributed by atoms with Crippen molar-refractivity contribution in [1.29, 1.82) is 0 Å². The van der Waals surface area contributed by atoms with Gasteiger partial charge >= 0.3 is 0 Å². The van der Waals surface area contributed by atoms with Crippen LogP contribution in [0.1, 0.15) is 40.7 Å². The van der Waals surface area contributed by atoms with Gasteiger partial charge < -0.3 is 4.74 Å². The van der Waals surface area contributed by atoms with E-state index in [0.717, 1.165) is 49.7 Å². The third kappa shape index (κ3) is 3.52. The number of hydrogen-bond acceptors (Lipinski definition) is 2. The van der Waals surface area contributed by atoms with Crippen molar-refractivity contribution in [2.24, 2.45) is 0 Å². The Morgan fingerprint density at radius 3 is 2.81 bits per heavy atom. The first-order valence-corrected chi connectivity index (χ1v) is 7.64. The fraction of sp³-hybridized carbons (Fsp3) is 0.316. The van der Waals surface area contributed by atoms with Crippen LogP contribution in [0, 0.1) is 0 Å². The summed E-state index contributed by atoms with van der Waals surface area (Å²) >= 11 is 0. The SMILES string of the molecule is O=Cc1ccc2c(c1)CCC(CCCc1ccccc1)O2. The lowest BCUT2D eigenvalue weighted by molar-refractivity contribution is 0.112. The molecule has 0 saturated heterocycles. The molecule has 1 atom stereocenters. The van der Waals surface area contributed by atoms with Crippen LogP contribution >= 0.6 is 0 Å². The number of carbonyl (C=O) groups excluding carboxylic acids is 1. The van der Waals surface area contributed by atoms with E-state index in [-0.39, 0.29) is 0 Å². The average Bonchev–Trinajstić information content (AvgIpc) is 2.55. The first-order chi connectivity index (χ1) is 10.3. The summed E-state index contributed by atoms with van der Waals surface area (Å²) in [6.45, 7) is 0. The summed E-state index contributed by atoms with van der Waals surface area (Å²) in [6.07, 6.45) is 6.60. The van der Waals surface area contributed by atoms with Gasteiger partial charge in [-0.2, -0.15) is 0 Å². The minimum absolute atomic E-state index is 0.309. The Kier molecular flexibility index (Phi) is 4.34. The highest BCUT2D eigenvalue weighted by molar-refractivity contribution is 5.75. The van der Waals surface area contributed by atoms with E-state index in [1.807, 2.05) is 18.2 Å². The molecule has 0 bridgehead atoms. The maximum absolute atomic E-state index is 10.8. The van der Waals surface area contributed by atoms with Crippen LogP contribution in [0.2, 0.25) is 0 Å². The molecule has 0 amide bonds. The van der Waals surface area contributed by atoms with Crippen LogP contribution in [-0.4, -0.2) is 12.4 Å². The molecule has 0 aromatic heterocycles. The molecule has 1 aliphatic rings. The molecule has 108 valence electrons. The van der Waals surface area contributed by atoms with Gasteiger partial charge in [0.15, 0.2) is 0 Å². The van der Waals surface area contributed by atoms with E-state index in [1.54, 1.807) is 0 Å². The van der Waals surface area contributed by atoms with Gasteiger partial charge in [0.05, 0.1) is 6.10 Å². The Morgan fingerprint density at radius 1 is 1.14 bits per heavy atom. The predicted molar refractivity (Wildman–Crippen MR) is 83.9 cm³/mol. The molecule has 21 heavy (non-hydrogen) atoms. The second-order valence-corrected chi connectivity index (χ2v) is 5.64. The first kappa shape index (κ1) is 13.9. The molecule has 2 nitrogen and oxygen atoms in total. The van der Waals surface area contributed by atoms with Crippen molar-refractivity contribution in [3.8, 4) is 5.75 Å². The van der Waals surface area contributed by atoms with E-state index in [9.17, 15) is 4.79 Å². The molecular formula is C19H20O2. The molecule has 1 unspecified atom stereocenters. The van der Waals surface area contributed by atoms with E-state index >= 15 is 0 Å². The van der Waals surface area contributed by atoms with Gasteiger partial charge in [0.1, 0.15) is 12.0 Å². The average molecular weight is 280 g/mol.